The van der Waals surface area contributed by atoms with Crippen molar-refractivity contribution in [3.05, 3.63) is 19.8 Å². The lowest BCUT2D eigenvalue weighted by molar-refractivity contribution is 1.53. The fourth-order valence-corrected chi connectivity index (χ4v) is 1.08. The Hall–Kier alpha value is -0.320. The average molecular weight is 240 g/mol. The van der Waals surface area contributed by atoms with Crippen molar-refractivity contribution >= 4 is 46.6 Å². The molecule has 0 amide bonds. The number of hydrogen-bond donors (Lipinski definition) is 0. The first-order valence-corrected chi connectivity index (χ1v) is 4.51. The van der Waals surface area contributed by atoms with Gasteiger partial charge in [0.15, 0.2) is 0 Å². The molecule has 0 aliphatic carbocycles. The van der Waals surface area contributed by atoms with Crippen LogP contribution in [0, 0.1) is 22.7 Å². The first-order chi connectivity index (χ1) is 5.61. The summed E-state index contributed by atoms with van der Waals surface area (Å²) in [5.41, 5.74) is 0. The monoisotopic (exact) mass is 238 g/mol. The van der Waals surface area contributed by atoms with Crippen molar-refractivity contribution in [2.75, 3.05) is 0 Å². The third-order valence-corrected chi connectivity index (χ3v) is 2.67. The van der Waals surface area contributed by atoms with Gasteiger partial charge >= 0.3 is 0 Å². The van der Waals surface area contributed by atoms with Crippen molar-refractivity contribution in [1.29, 1.82) is 10.5 Å². The van der Waals surface area contributed by atoms with Gasteiger partial charge in [-0.15, -0.1) is 0 Å². The summed E-state index contributed by atoms with van der Waals surface area (Å²) in [7, 11) is 0. The number of nitriles is 2. The smallest absolute Gasteiger partial charge is 0.143 e. The van der Waals surface area contributed by atoms with Gasteiger partial charge in [0, 0.05) is 5.41 Å². The van der Waals surface area contributed by atoms with Crippen LogP contribution in [0.5, 0.6) is 0 Å². The van der Waals surface area contributed by atoms with Crippen LogP contribution in [0.1, 0.15) is 0 Å². The maximum absolute atomic E-state index is 8.27. The van der Waals surface area contributed by atoms with Gasteiger partial charge in [0.05, 0.1) is 0 Å². The molecule has 0 spiro atoms. The van der Waals surface area contributed by atoms with E-state index in [9.17, 15) is 0 Å². The van der Waals surface area contributed by atoms with Gasteiger partial charge in [-0.3, -0.25) is 0 Å². The van der Waals surface area contributed by atoms with Crippen LogP contribution >= 0.6 is 46.6 Å². The Bertz CT molecular complexity index is 308. The molecular weight excluding hydrogens is 239 g/mol. The number of halogens is 3. The highest BCUT2D eigenvalue weighted by molar-refractivity contribution is 8.07. The van der Waals surface area contributed by atoms with Crippen molar-refractivity contribution < 1.29 is 0 Å². The van der Waals surface area contributed by atoms with Gasteiger partial charge in [-0.1, -0.05) is 46.6 Å². The minimum Gasteiger partial charge on any atom is -0.191 e. The molecule has 6 heteroatoms. The van der Waals surface area contributed by atoms with E-state index in [2.05, 4.69) is 0 Å². The van der Waals surface area contributed by atoms with Crippen LogP contribution in [-0.4, -0.2) is 0 Å². The topological polar surface area (TPSA) is 47.6 Å². The van der Waals surface area contributed by atoms with Crippen LogP contribution in [0.25, 0.3) is 0 Å². The lowest BCUT2D eigenvalue weighted by Crippen LogP contribution is -1.67. The Morgan fingerprint density at radius 1 is 1.17 bits per heavy atom. The van der Waals surface area contributed by atoms with Crippen molar-refractivity contribution in [2.45, 2.75) is 0 Å². The molecule has 2 nitrogen and oxygen atoms in total. The molecule has 0 aromatic carbocycles. The largest absolute Gasteiger partial charge is 0.191 e. The van der Waals surface area contributed by atoms with E-state index in [4.69, 9.17) is 45.3 Å². The van der Waals surface area contributed by atoms with Gasteiger partial charge in [-0.05, 0) is 0 Å². The fourth-order valence-electron chi connectivity index (χ4n) is 0.226. The molecule has 0 radical (unpaired) electrons. The second-order valence-electron chi connectivity index (χ2n) is 1.39. The van der Waals surface area contributed by atoms with E-state index >= 15 is 0 Å². The molecule has 0 unspecified atom stereocenters. The summed E-state index contributed by atoms with van der Waals surface area (Å²) in [6.07, 6.45) is 0. The highest BCUT2D eigenvalue weighted by Gasteiger charge is 1.99. The molecule has 0 saturated carbocycles. The minimum atomic E-state index is -0.125. The van der Waals surface area contributed by atoms with Gasteiger partial charge < -0.3 is 0 Å². The van der Waals surface area contributed by atoms with E-state index in [-0.39, 0.29) is 14.4 Å². The van der Waals surface area contributed by atoms with E-state index in [1.807, 2.05) is 0 Å². The van der Waals surface area contributed by atoms with Gasteiger partial charge in [-0.25, -0.2) is 0 Å². The molecule has 0 heterocycles. The molecule has 0 N–H and O–H groups in total. The highest BCUT2D eigenvalue weighted by Crippen LogP contribution is 2.28. The van der Waals surface area contributed by atoms with E-state index in [1.165, 1.54) is 5.41 Å². The number of hydrogen-bond acceptors (Lipinski definition) is 3. The summed E-state index contributed by atoms with van der Waals surface area (Å²) in [5, 5.41) is 17.7. The van der Waals surface area contributed by atoms with Gasteiger partial charge in [-0.2, -0.15) is 10.5 Å². The van der Waals surface area contributed by atoms with Crippen LogP contribution in [0.2, 0.25) is 0 Å². The molecule has 0 aliphatic heterocycles. The normalized spacial score (nSPS) is 12.9. The van der Waals surface area contributed by atoms with Gasteiger partial charge in [0.1, 0.15) is 26.6 Å². The van der Waals surface area contributed by atoms with E-state index in [1.54, 1.807) is 12.1 Å². The quantitative estimate of drug-likeness (QED) is 0.693. The van der Waals surface area contributed by atoms with E-state index < -0.39 is 0 Å². The van der Waals surface area contributed by atoms with Crippen LogP contribution in [0.15, 0.2) is 19.8 Å². The first kappa shape index (κ1) is 11.7. The third-order valence-electron chi connectivity index (χ3n) is 0.643. The van der Waals surface area contributed by atoms with Crippen molar-refractivity contribution in [3.63, 3.8) is 0 Å². The predicted molar refractivity (Wildman–Crippen MR) is 51.5 cm³/mol. The fraction of sp³-hybridized carbons (Fsp3) is 0. The van der Waals surface area contributed by atoms with Gasteiger partial charge in [0.25, 0.3) is 0 Å². The maximum Gasteiger partial charge on any atom is 0.143 e. The molecular formula is C6HCl3N2S. The second-order valence-corrected chi connectivity index (χ2v) is 3.66. The highest BCUT2D eigenvalue weighted by atomic mass is 35.5. The Morgan fingerprint density at radius 2 is 1.75 bits per heavy atom. The lowest BCUT2D eigenvalue weighted by Gasteiger charge is -1.90. The Morgan fingerprint density at radius 3 is 2.17 bits per heavy atom. The molecule has 0 aromatic rings. The Balaban J connectivity index is 4.35. The van der Waals surface area contributed by atoms with Gasteiger partial charge in [0.2, 0.25) is 0 Å². The molecule has 0 saturated heterocycles. The lowest BCUT2D eigenvalue weighted by atomic mass is 10.7. The summed E-state index contributed by atoms with van der Waals surface area (Å²) in [6.45, 7) is 0. The zero-order valence-corrected chi connectivity index (χ0v) is 8.60. The minimum absolute atomic E-state index is 0.0134. The van der Waals surface area contributed by atoms with Crippen LogP contribution < -0.4 is 0 Å². The molecule has 0 rings (SSSR count). The molecule has 0 bridgehead atoms. The third kappa shape index (κ3) is 4.54. The number of nitrogens with zero attached hydrogens (tertiary/aromatic N) is 2. The maximum atomic E-state index is 8.27. The summed E-state index contributed by atoms with van der Waals surface area (Å²) >= 11 is 17.1. The van der Waals surface area contributed by atoms with Crippen molar-refractivity contribution in [3.8, 4) is 12.1 Å². The van der Waals surface area contributed by atoms with Crippen LogP contribution in [-0.2, 0) is 0 Å². The standard InChI is InChI=1S/C6HCl3N2S/c7-4(1-10)3-12-6(9)5(8)2-11/h3H/b4-3+,6-5+. The average Bonchev–Trinajstić information content (AvgIpc) is 2.11. The van der Waals surface area contributed by atoms with Crippen LogP contribution in [0.4, 0.5) is 0 Å². The first-order valence-electron chi connectivity index (χ1n) is 2.49. The van der Waals surface area contributed by atoms with E-state index in [0.717, 1.165) is 11.8 Å². The summed E-state index contributed by atoms with van der Waals surface area (Å²) in [4.78, 5) is 0. The zero-order valence-electron chi connectivity index (χ0n) is 5.51. The molecule has 12 heavy (non-hydrogen) atoms. The summed E-state index contributed by atoms with van der Waals surface area (Å²) in [5.74, 6) is 0. The molecule has 62 valence electrons. The molecule has 0 atom stereocenters. The molecule has 0 fully saturated rings. The predicted octanol–water partition coefficient (Wildman–Crippen LogP) is 3.49. The van der Waals surface area contributed by atoms with E-state index in [0.29, 0.717) is 0 Å². The molecule has 0 aromatic heterocycles. The number of rotatable bonds is 2. The summed E-state index contributed by atoms with van der Waals surface area (Å²) < 4.78 is 0.0903. The van der Waals surface area contributed by atoms with Crippen LogP contribution in [0.3, 0.4) is 0 Å². The number of allylic oxidation sites excluding steroid dienone is 2. The van der Waals surface area contributed by atoms with Crippen molar-refractivity contribution in [1.82, 2.24) is 0 Å². The Labute approximate surface area is 89.0 Å². The second kappa shape index (κ2) is 6.22. The zero-order chi connectivity index (χ0) is 9.56. The number of thioether (sulfide) groups is 1. The summed E-state index contributed by atoms with van der Waals surface area (Å²) in [6, 6.07) is 3.32. The molecule has 0 aliphatic rings. The van der Waals surface area contributed by atoms with Crippen molar-refractivity contribution in [2.24, 2.45) is 0 Å². The Kier molecular flexibility index (Phi) is 6.06. The SMILES string of the molecule is N#C/C(Cl)=C(/Cl)S/C=C(/Cl)C#N.